The second-order valence-corrected chi connectivity index (χ2v) is 9.90. The van der Waals surface area contributed by atoms with Crippen molar-refractivity contribution in [3.8, 4) is 11.5 Å². The molecule has 1 aliphatic heterocycles. The van der Waals surface area contributed by atoms with Crippen molar-refractivity contribution in [3.05, 3.63) is 91.4 Å². The summed E-state index contributed by atoms with van der Waals surface area (Å²) >= 11 is 9.84. The van der Waals surface area contributed by atoms with Crippen LogP contribution in [0.1, 0.15) is 18.1 Å². The molecule has 1 saturated heterocycles. The summed E-state index contributed by atoms with van der Waals surface area (Å²) in [4.78, 5) is 20.0. The van der Waals surface area contributed by atoms with E-state index in [9.17, 15) is 4.79 Å². The Kier molecular flexibility index (Phi) is 8.18. The van der Waals surface area contributed by atoms with Crippen LogP contribution in [0.5, 0.6) is 11.5 Å². The number of hydrogen-bond acceptors (Lipinski definition) is 5. The smallest absolute Gasteiger partial charge is 0.266 e. The zero-order valence-corrected chi connectivity index (χ0v) is 22.4. The normalized spacial score (nSPS) is 15.9. The highest BCUT2D eigenvalue weighted by molar-refractivity contribution is 14.1. The molecule has 1 fully saturated rings. The molecule has 34 heavy (non-hydrogen) atoms. The highest BCUT2D eigenvalue weighted by Crippen LogP contribution is 2.35. The molecule has 0 bridgehead atoms. The third-order valence-electron chi connectivity index (χ3n) is 5.10. The predicted molar refractivity (Wildman–Crippen MR) is 148 cm³/mol. The molecule has 8 heteroatoms. The van der Waals surface area contributed by atoms with Crippen molar-refractivity contribution in [2.45, 2.75) is 13.5 Å². The van der Waals surface area contributed by atoms with Gasteiger partial charge < -0.3 is 9.47 Å². The Morgan fingerprint density at radius 2 is 1.88 bits per heavy atom. The van der Waals surface area contributed by atoms with E-state index in [0.717, 1.165) is 31.9 Å². The number of likely N-dealkylation sites (N-methyl/N-ethyl adjacent to an activating group) is 1. The van der Waals surface area contributed by atoms with Gasteiger partial charge in [-0.25, -0.2) is 4.99 Å². The Labute approximate surface area is 222 Å². The number of thioether (sulfide) groups is 1. The average Bonchev–Trinajstić information content (AvgIpc) is 3.13. The van der Waals surface area contributed by atoms with Gasteiger partial charge in [0.25, 0.3) is 5.91 Å². The summed E-state index contributed by atoms with van der Waals surface area (Å²) in [5.74, 6) is 1.49. The Bertz CT molecular complexity index is 1260. The van der Waals surface area contributed by atoms with Crippen molar-refractivity contribution in [3.63, 3.8) is 0 Å². The Hall–Kier alpha value is -2.49. The molecule has 3 aromatic carbocycles. The van der Waals surface area contributed by atoms with Crippen molar-refractivity contribution in [1.29, 1.82) is 0 Å². The molecule has 0 aromatic heterocycles. The molecule has 0 aliphatic carbocycles. The summed E-state index contributed by atoms with van der Waals surface area (Å²) in [5, 5.41) is 1.35. The van der Waals surface area contributed by atoms with Gasteiger partial charge in [0, 0.05) is 17.1 Å². The van der Waals surface area contributed by atoms with Crippen molar-refractivity contribution < 1.29 is 14.3 Å². The van der Waals surface area contributed by atoms with Crippen LogP contribution in [0.25, 0.3) is 6.08 Å². The van der Waals surface area contributed by atoms with Crippen LogP contribution in [0.4, 0.5) is 5.69 Å². The molecular formula is C26H22ClIN2O3S. The SMILES string of the molecule is CCN1C(=O)/C(=C\c2ccc(OCc3ccccc3Cl)c(I)c2)SC1=Nc1ccc(OC)cc1. The number of aliphatic imine (C=N–C) groups is 1. The molecule has 0 unspecified atom stereocenters. The van der Waals surface area contributed by atoms with E-state index in [1.165, 1.54) is 11.8 Å². The number of ether oxygens (including phenoxy) is 2. The molecule has 0 N–H and O–H groups in total. The van der Waals surface area contributed by atoms with Gasteiger partial charge in [-0.3, -0.25) is 9.69 Å². The molecule has 3 aromatic rings. The summed E-state index contributed by atoms with van der Waals surface area (Å²) in [7, 11) is 1.63. The number of nitrogens with zero attached hydrogens (tertiary/aromatic N) is 2. The maximum absolute atomic E-state index is 13.0. The Balaban J connectivity index is 1.51. The Morgan fingerprint density at radius 3 is 2.56 bits per heavy atom. The van der Waals surface area contributed by atoms with E-state index in [4.69, 9.17) is 21.1 Å². The highest BCUT2D eigenvalue weighted by Gasteiger charge is 2.32. The predicted octanol–water partition coefficient (Wildman–Crippen LogP) is 7.16. The minimum atomic E-state index is -0.0474. The van der Waals surface area contributed by atoms with Crippen molar-refractivity contribution in [1.82, 2.24) is 4.90 Å². The monoisotopic (exact) mass is 604 g/mol. The van der Waals surface area contributed by atoms with Gasteiger partial charge >= 0.3 is 0 Å². The number of methoxy groups -OCH3 is 1. The van der Waals surface area contributed by atoms with Crippen LogP contribution in [0.3, 0.4) is 0 Å². The lowest BCUT2D eigenvalue weighted by Crippen LogP contribution is -2.28. The minimum Gasteiger partial charge on any atom is -0.497 e. The van der Waals surface area contributed by atoms with Gasteiger partial charge in [-0.2, -0.15) is 0 Å². The zero-order valence-electron chi connectivity index (χ0n) is 18.6. The molecule has 0 radical (unpaired) electrons. The molecule has 0 atom stereocenters. The van der Waals surface area contributed by atoms with Gasteiger partial charge in [0.2, 0.25) is 0 Å². The number of benzene rings is 3. The summed E-state index contributed by atoms with van der Waals surface area (Å²) in [6.45, 7) is 2.88. The fourth-order valence-corrected chi connectivity index (χ4v) is 5.23. The van der Waals surface area contributed by atoms with Crippen LogP contribution < -0.4 is 9.47 Å². The summed E-state index contributed by atoms with van der Waals surface area (Å²) < 4.78 is 12.1. The third kappa shape index (κ3) is 5.76. The van der Waals surface area contributed by atoms with Crippen LogP contribution >= 0.6 is 46.0 Å². The summed E-state index contributed by atoms with van der Waals surface area (Å²) in [6.07, 6.45) is 1.90. The maximum atomic E-state index is 13.0. The minimum absolute atomic E-state index is 0.0474. The topological polar surface area (TPSA) is 51.1 Å². The first-order valence-electron chi connectivity index (χ1n) is 10.6. The van der Waals surface area contributed by atoms with Gasteiger partial charge in [-0.15, -0.1) is 0 Å². The number of carbonyl (C=O) groups excluding carboxylic acids is 1. The van der Waals surface area contributed by atoms with E-state index >= 15 is 0 Å². The molecule has 1 aliphatic rings. The maximum Gasteiger partial charge on any atom is 0.266 e. The Morgan fingerprint density at radius 1 is 1.12 bits per heavy atom. The molecule has 0 spiro atoms. The fraction of sp³-hybridized carbons (Fsp3) is 0.154. The van der Waals surface area contributed by atoms with E-state index in [-0.39, 0.29) is 5.91 Å². The van der Waals surface area contributed by atoms with Crippen molar-refractivity contribution in [2.24, 2.45) is 4.99 Å². The quantitative estimate of drug-likeness (QED) is 0.212. The number of hydrogen-bond donors (Lipinski definition) is 0. The van der Waals surface area contributed by atoms with Crippen LogP contribution in [-0.4, -0.2) is 29.6 Å². The molecule has 174 valence electrons. The first kappa shape index (κ1) is 24.6. The fourth-order valence-electron chi connectivity index (χ4n) is 3.28. The molecule has 0 saturated carbocycles. The van der Waals surface area contributed by atoms with E-state index in [1.807, 2.05) is 79.7 Å². The van der Waals surface area contributed by atoms with Crippen LogP contribution in [0.15, 0.2) is 76.6 Å². The molecule has 4 rings (SSSR count). The van der Waals surface area contributed by atoms with Crippen LogP contribution in [-0.2, 0) is 11.4 Å². The molecule has 1 amide bonds. The molecule has 5 nitrogen and oxygen atoms in total. The van der Waals surface area contributed by atoms with Crippen molar-refractivity contribution in [2.75, 3.05) is 13.7 Å². The number of rotatable bonds is 7. The van der Waals surface area contributed by atoms with Gasteiger partial charge in [-0.05, 0) is 95.4 Å². The lowest BCUT2D eigenvalue weighted by molar-refractivity contribution is -0.122. The van der Waals surface area contributed by atoms with Gasteiger partial charge in [-0.1, -0.05) is 35.9 Å². The van der Waals surface area contributed by atoms with Gasteiger partial charge in [0.1, 0.15) is 18.1 Å². The van der Waals surface area contributed by atoms with Crippen molar-refractivity contribution >= 4 is 68.8 Å². The molecule has 1 heterocycles. The first-order valence-corrected chi connectivity index (χ1v) is 12.9. The van der Waals surface area contributed by atoms with E-state index in [1.54, 1.807) is 12.0 Å². The van der Waals surface area contributed by atoms with E-state index in [2.05, 4.69) is 27.6 Å². The standard InChI is InChI=1S/C26H22ClIN2O3S/c1-3-30-25(31)24(34-26(30)29-19-9-11-20(32-2)12-10-19)15-17-8-13-23(22(28)14-17)33-16-18-6-4-5-7-21(18)27/h4-15H,3,16H2,1-2H3/b24-15+,29-26?. The van der Waals surface area contributed by atoms with Gasteiger partial charge in [0.05, 0.1) is 21.3 Å². The second kappa shape index (κ2) is 11.3. The average molecular weight is 605 g/mol. The number of amidine groups is 1. The lowest BCUT2D eigenvalue weighted by atomic mass is 10.2. The number of carbonyl (C=O) groups is 1. The largest absolute Gasteiger partial charge is 0.497 e. The third-order valence-corrected chi connectivity index (χ3v) is 7.31. The summed E-state index contributed by atoms with van der Waals surface area (Å²) in [6, 6.07) is 20.9. The van der Waals surface area contributed by atoms with E-state index < -0.39 is 0 Å². The molecular weight excluding hydrogens is 583 g/mol. The first-order chi connectivity index (χ1) is 16.5. The van der Waals surface area contributed by atoms with Crippen LogP contribution in [0, 0.1) is 3.57 Å². The summed E-state index contributed by atoms with van der Waals surface area (Å²) in [5.41, 5.74) is 2.62. The zero-order chi connectivity index (χ0) is 24.1. The lowest BCUT2D eigenvalue weighted by Gasteiger charge is -2.12. The van der Waals surface area contributed by atoms with E-state index in [0.29, 0.717) is 28.2 Å². The van der Waals surface area contributed by atoms with Gasteiger partial charge in [0.15, 0.2) is 5.17 Å². The second-order valence-electron chi connectivity index (χ2n) is 7.32. The highest BCUT2D eigenvalue weighted by atomic mass is 127. The van der Waals surface area contributed by atoms with Crippen LogP contribution in [0.2, 0.25) is 5.02 Å². The number of halogens is 2. The number of amides is 1.